The number of ether oxygens (including phenoxy) is 1. The topological polar surface area (TPSA) is 69.9 Å². The third-order valence-electron chi connectivity index (χ3n) is 2.13. The summed E-state index contributed by atoms with van der Waals surface area (Å²) in [7, 11) is 0. The summed E-state index contributed by atoms with van der Waals surface area (Å²) in [4.78, 5) is 0. The van der Waals surface area contributed by atoms with Crippen LogP contribution in [0.1, 0.15) is 6.92 Å². The van der Waals surface area contributed by atoms with E-state index in [1.807, 2.05) is 0 Å². The Labute approximate surface area is 76.6 Å². The van der Waals surface area contributed by atoms with E-state index in [9.17, 15) is 10.2 Å². The number of rotatable bonds is 1. The Hall–Kier alpha value is 0.190. The summed E-state index contributed by atoms with van der Waals surface area (Å²) >= 11 is 4.03. The third kappa shape index (κ3) is 1.75. The molecule has 1 rings (SSSR count). The van der Waals surface area contributed by atoms with Crippen molar-refractivity contribution >= 4 is 12.6 Å². The van der Waals surface area contributed by atoms with Gasteiger partial charge in [-0.15, -0.1) is 0 Å². The first kappa shape index (κ1) is 10.3. The summed E-state index contributed by atoms with van der Waals surface area (Å²) in [5.41, 5.74) is 0. The van der Waals surface area contributed by atoms with Crippen molar-refractivity contribution in [1.82, 2.24) is 0 Å². The van der Waals surface area contributed by atoms with Gasteiger partial charge in [-0.2, -0.15) is 12.6 Å². The predicted octanol–water partition coefficient (Wildman–Crippen LogP) is -1.21. The number of aliphatic hydroxyl groups is 3. The molecule has 5 atom stereocenters. The quantitative estimate of drug-likeness (QED) is 0.395. The molecule has 1 aliphatic heterocycles. The zero-order valence-corrected chi connectivity index (χ0v) is 7.69. The zero-order valence-electron chi connectivity index (χ0n) is 6.79. The lowest BCUT2D eigenvalue weighted by Crippen LogP contribution is -2.55. The summed E-state index contributed by atoms with van der Waals surface area (Å²) in [6, 6.07) is 0. The Bertz CT molecular complexity index is 150. The molecule has 1 aliphatic rings. The van der Waals surface area contributed by atoms with Gasteiger partial charge in [-0.3, -0.25) is 0 Å². The lowest BCUT2D eigenvalue weighted by molar-refractivity contribution is -0.168. The number of hydrogen-bond acceptors (Lipinski definition) is 5. The average molecular weight is 194 g/mol. The van der Waals surface area contributed by atoms with Crippen LogP contribution in [0.5, 0.6) is 0 Å². The molecule has 5 heteroatoms. The maximum Gasteiger partial charge on any atom is 0.108 e. The van der Waals surface area contributed by atoms with E-state index in [4.69, 9.17) is 9.84 Å². The highest BCUT2D eigenvalue weighted by Crippen LogP contribution is 2.24. The van der Waals surface area contributed by atoms with Crippen LogP contribution >= 0.6 is 12.6 Å². The molecule has 2 unspecified atom stereocenters. The Kier molecular flexibility index (Phi) is 3.37. The van der Waals surface area contributed by atoms with E-state index in [0.29, 0.717) is 0 Å². The van der Waals surface area contributed by atoms with Gasteiger partial charge in [0.2, 0.25) is 0 Å². The van der Waals surface area contributed by atoms with Gasteiger partial charge in [-0.1, -0.05) is 0 Å². The molecule has 0 aromatic rings. The molecule has 0 amide bonds. The van der Waals surface area contributed by atoms with Crippen LogP contribution in [0.2, 0.25) is 0 Å². The zero-order chi connectivity index (χ0) is 9.30. The van der Waals surface area contributed by atoms with Crippen LogP contribution in [0.15, 0.2) is 0 Å². The molecule has 12 heavy (non-hydrogen) atoms. The Morgan fingerprint density at radius 3 is 2.42 bits per heavy atom. The Morgan fingerprint density at radius 2 is 1.92 bits per heavy atom. The van der Waals surface area contributed by atoms with Crippen LogP contribution in [0, 0.1) is 0 Å². The first-order valence-corrected chi connectivity index (χ1v) is 4.40. The molecule has 0 spiro atoms. The molecule has 0 aromatic carbocycles. The van der Waals surface area contributed by atoms with Gasteiger partial charge in [0, 0.05) is 0 Å². The van der Waals surface area contributed by atoms with E-state index in [-0.39, 0.29) is 6.61 Å². The maximum absolute atomic E-state index is 9.40. The monoisotopic (exact) mass is 194 g/mol. The van der Waals surface area contributed by atoms with Crippen molar-refractivity contribution in [3.8, 4) is 0 Å². The van der Waals surface area contributed by atoms with Crippen LogP contribution in [0.3, 0.4) is 0 Å². The molecular formula is C7H14O4S. The van der Waals surface area contributed by atoms with E-state index in [1.54, 1.807) is 6.92 Å². The first-order chi connectivity index (χ1) is 5.57. The fraction of sp³-hybridized carbons (Fsp3) is 1.00. The molecule has 1 fully saturated rings. The minimum atomic E-state index is -0.912. The van der Waals surface area contributed by atoms with Crippen LogP contribution in [0.25, 0.3) is 0 Å². The Morgan fingerprint density at radius 1 is 1.33 bits per heavy atom. The third-order valence-corrected chi connectivity index (χ3v) is 2.74. The van der Waals surface area contributed by atoms with Crippen LogP contribution in [-0.2, 0) is 4.74 Å². The lowest BCUT2D eigenvalue weighted by atomic mass is 9.99. The fourth-order valence-corrected chi connectivity index (χ4v) is 1.72. The molecule has 0 aromatic heterocycles. The van der Waals surface area contributed by atoms with E-state index in [0.717, 1.165) is 0 Å². The fourth-order valence-electron chi connectivity index (χ4n) is 1.29. The van der Waals surface area contributed by atoms with Crippen molar-refractivity contribution in [2.45, 2.75) is 36.6 Å². The SMILES string of the molecule is C[C@@H]1OC(CO)[C@H](O)C(S)[C@H]1O. The summed E-state index contributed by atoms with van der Waals surface area (Å²) in [5.74, 6) is 0. The van der Waals surface area contributed by atoms with Gasteiger partial charge in [0.15, 0.2) is 0 Å². The normalized spacial score (nSPS) is 49.2. The van der Waals surface area contributed by atoms with Crippen molar-refractivity contribution in [2.75, 3.05) is 6.61 Å². The minimum absolute atomic E-state index is 0.255. The number of aliphatic hydroxyl groups excluding tert-OH is 3. The smallest absolute Gasteiger partial charge is 0.108 e. The molecule has 0 bridgehead atoms. The molecule has 72 valence electrons. The van der Waals surface area contributed by atoms with Crippen LogP contribution in [-0.4, -0.2) is 51.6 Å². The van der Waals surface area contributed by atoms with Crippen molar-refractivity contribution in [1.29, 1.82) is 0 Å². The van der Waals surface area contributed by atoms with Gasteiger partial charge in [0.1, 0.15) is 6.10 Å². The molecule has 3 N–H and O–H groups in total. The van der Waals surface area contributed by atoms with E-state index < -0.39 is 29.7 Å². The van der Waals surface area contributed by atoms with E-state index in [2.05, 4.69) is 12.6 Å². The van der Waals surface area contributed by atoms with Crippen molar-refractivity contribution in [2.24, 2.45) is 0 Å². The summed E-state index contributed by atoms with van der Waals surface area (Å²) in [6.45, 7) is 1.43. The maximum atomic E-state index is 9.40. The molecular weight excluding hydrogens is 180 g/mol. The summed E-state index contributed by atoms with van der Waals surface area (Å²) in [6.07, 6.45) is -2.73. The van der Waals surface area contributed by atoms with Gasteiger partial charge in [0.05, 0.1) is 30.2 Å². The average Bonchev–Trinajstić information content (AvgIpc) is 2.08. The summed E-state index contributed by atoms with van der Waals surface area (Å²) < 4.78 is 5.13. The second kappa shape index (κ2) is 3.93. The molecule has 0 aliphatic carbocycles. The summed E-state index contributed by atoms with van der Waals surface area (Å²) in [5, 5.41) is 27.0. The second-order valence-electron chi connectivity index (χ2n) is 3.03. The Balaban J connectivity index is 2.63. The number of thiol groups is 1. The number of hydrogen-bond donors (Lipinski definition) is 4. The van der Waals surface area contributed by atoms with Crippen LogP contribution in [0.4, 0.5) is 0 Å². The largest absolute Gasteiger partial charge is 0.394 e. The highest BCUT2D eigenvalue weighted by atomic mass is 32.1. The highest BCUT2D eigenvalue weighted by Gasteiger charge is 2.40. The molecule has 1 heterocycles. The first-order valence-electron chi connectivity index (χ1n) is 3.88. The van der Waals surface area contributed by atoms with Crippen molar-refractivity contribution in [3.63, 3.8) is 0 Å². The van der Waals surface area contributed by atoms with Gasteiger partial charge >= 0.3 is 0 Å². The minimum Gasteiger partial charge on any atom is -0.394 e. The van der Waals surface area contributed by atoms with Crippen molar-refractivity contribution in [3.05, 3.63) is 0 Å². The van der Waals surface area contributed by atoms with Gasteiger partial charge < -0.3 is 20.1 Å². The van der Waals surface area contributed by atoms with Gasteiger partial charge in [-0.05, 0) is 6.92 Å². The van der Waals surface area contributed by atoms with E-state index >= 15 is 0 Å². The van der Waals surface area contributed by atoms with Crippen LogP contribution < -0.4 is 0 Å². The molecule has 4 nitrogen and oxygen atoms in total. The predicted molar refractivity (Wildman–Crippen MR) is 46.2 cm³/mol. The van der Waals surface area contributed by atoms with E-state index in [1.165, 1.54) is 0 Å². The van der Waals surface area contributed by atoms with Gasteiger partial charge in [0.25, 0.3) is 0 Å². The van der Waals surface area contributed by atoms with Gasteiger partial charge in [-0.25, -0.2) is 0 Å². The van der Waals surface area contributed by atoms with Crippen molar-refractivity contribution < 1.29 is 20.1 Å². The standard InChI is InChI=1S/C7H14O4S/c1-3-5(9)7(12)6(10)4(2-8)11-3/h3-10,12H,2H2,1H3/t3-,4?,5-,6-,7?/m0/s1. The molecule has 0 radical (unpaired) electrons. The molecule has 1 saturated heterocycles. The highest BCUT2D eigenvalue weighted by molar-refractivity contribution is 7.81. The molecule has 0 saturated carbocycles. The second-order valence-corrected chi connectivity index (χ2v) is 3.63. The lowest BCUT2D eigenvalue weighted by Gasteiger charge is -2.39.